The number of amides is 1. The Kier molecular flexibility index (Phi) is 3.97. The summed E-state index contributed by atoms with van der Waals surface area (Å²) < 4.78 is 0. The molecule has 0 radical (unpaired) electrons. The molecule has 1 aromatic rings. The molecule has 0 bridgehead atoms. The quantitative estimate of drug-likeness (QED) is 0.804. The standard InChI is InChI=1S/C13H17NO2S/c1-9-2-3-12(17-9)4-5-13(16)14-8-10-6-11(15)7-10/h2-5,10-11,15H,6-8H2,1H3,(H,14,16). The molecular weight excluding hydrogens is 234 g/mol. The molecule has 1 saturated carbocycles. The predicted octanol–water partition coefficient (Wildman–Crippen LogP) is 1.96. The Balaban J connectivity index is 1.71. The third kappa shape index (κ3) is 3.68. The summed E-state index contributed by atoms with van der Waals surface area (Å²) in [7, 11) is 0. The van der Waals surface area contributed by atoms with Crippen LogP contribution < -0.4 is 5.32 Å². The van der Waals surface area contributed by atoms with E-state index in [2.05, 4.69) is 5.32 Å². The molecule has 1 aliphatic rings. The highest BCUT2D eigenvalue weighted by Gasteiger charge is 2.26. The second-order valence-electron chi connectivity index (χ2n) is 4.52. The lowest BCUT2D eigenvalue weighted by Crippen LogP contribution is -2.37. The molecule has 0 atom stereocenters. The highest BCUT2D eigenvalue weighted by atomic mass is 32.1. The van der Waals surface area contributed by atoms with Gasteiger partial charge in [-0.15, -0.1) is 11.3 Å². The molecule has 3 nitrogen and oxygen atoms in total. The van der Waals surface area contributed by atoms with Crippen molar-refractivity contribution in [3.63, 3.8) is 0 Å². The second-order valence-corrected chi connectivity index (χ2v) is 5.84. The molecule has 1 heterocycles. The van der Waals surface area contributed by atoms with Gasteiger partial charge in [-0.1, -0.05) is 0 Å². The van der Waals surface area contributed by atoms with E-state index in [0.717, 1.165) is 17.7 Å². The van der Waals surface area contributed by atoms with Crippen molar-refractivity contribution >= 4 is 23.3 Å². The van der Waals surface area contributed by atoms with Crippen molar-refractivity contribution in [2.75, 3.05) is 6.54 Å². The van der Waals surface area contributed by atoms with Crippen LogP contribution in [0.4, 0.5) is 0 Å². The van der Waals surface area contributed by atoms with Crippen LogP contribution in [0.1, 0.15) is 22.6 Å². The van der Waals surface area contributed by atoms with Gasteiger partial charge in [0.2, 0.25) is 5.91 Å². The van der Waals surface area contributed by atoms with Crippen molar-refractivity contribution in [3.05, 3.63) is 28.0 Å². The lowest BCUT2D eigenvalue weighted by atomic mass is 9.82. The fourth-order valence-electron chi connectivity index (χ4n) is 1.87. The second kappa shape index (κ2) is 5.47. The number of carbonyl (C=O) groups is 1. The van der Waals surface area contributed by atoms with E-state index in [1.807, 2.05) is 25.1 Å². The van der Waals surface area contributed by atoms with Crippen molar-refractivity contribution in [2.45, 2.75) is 25.9 Å². The SMILES string of the molecule is Cc1ccc(C=CC(=O)NCC2CC(O)C2)s1. The zero-order chi connectivity index (χ0) is 12.3. The zero-order valence-electron chi connectivity index (χ0n) is 9.85. The van der Waals surface area contributed by atoms with E-state index < -0.39 is 0 Å². The first-order valence-electron chi connectivity index (χ1n) is 5.84. The molecule has 17 heavy (non-hydrogen) atoms. The summed E-state index contributed by atoms with van der Waals surface area (Å²) >= 11 is 1.67. The minimum Gasteiger partial charge on any atom is -0.393 e. The first kappa shape index (κ1) is 12.3. The molecule has 4 heteroatoms. The lowest BCUT2D eigenvalue weighted by Gasteiger charge is -2.31. The molecule has 1 fully saturated rings. The third-order valence-electron chi connectivity index (χ3n) is 2.94. The van der Waals surface area contributed by atoms with Crippen molar-refractivity contribution in [3.8, 4) is 0 Å². The maximum Gasteiger partial charge on any atom is 0.244 e. The molecule has 0 aliphatic heterocycles. The smallest absolute Gasteiger partial charge is 0.244 e. The van der Waals surface area contributed by atoms with Gasteiger partial charge in [-0.3, -0.25) is 4.79 Å². The number of aliphatic hydroxyl groups is 1. The van der Waals surface area contributed by atoms with Crippen LogP contribution >= 0.6 is 11.3 Å². The molecular formula is C13H17NO2S. The van der Waals surface area contributed by atoms with Crippen LogP contribution in [0.2, 0.25) is 0 Å². The maximum atomic E-state index is 11.5. The molecule has 1 amide bonds. The van der Waals surface area contributed by atoms with Gasteiger partial charge in [0.05, 0.1) is 6.10 Å². The molecule has 0 saturated heterocycles. The fourth-order valence-corrected chi connectivity index (χ4v) is 2.65. The van der Waals surface area contributed by atoms with Crippen LogP contribution in [0.5, 0.6) is 0 Å². The number of hydrogen-bond acceptors (Lipinski definition) is 3. The monoisotopic (exact) mass is 251 g/mol. The van der Waals surface area contributed by atoms with Crippen LogP contribution in [0.25, 0.3) is 6.08 Å². The van der Waals surface area contributed by atoms with E-state index in [1.165, 1.54) is 4.88 Å². The molecule has 2 N–H and O–H groups in total. The summed E-state index contributed by atoms with van der Waals surface area (Å²) in [6, 6.07) is 4.05. The topological polar surface area (TPSA) is 49.3 Å². The molecule has 0 unspecified atom stereocenters. The van der Waals surface area contributed by atoms with Gasteiger partial charge in [0.25, 0.3) is 0 Å². The van der Waals surface area contributed by atoms with Gasteiger partial charge in [0.1, 0.15) is 0 Å². The van der Waals surface area contributed by atoms with E-state index in [-0.39, 0.29) is 12.0 Å². The van der Waals surface area contributed by atoms with Crippen LogP contribution in [-0.4, -0.2) is 23.7 Å². The van der Waals surface area contributed by atoms with Gasteiger partial charge < -0.3 is 10.4 Å². The first-order valence-corrected chi connectivity index (χ1v) is 6.65. The average molecular weight is 251 g/mol. The number of aliphatic hydroxyl groups excluding tert-OH is 1. The van der Waals surface area contributed by atoms with Crippen LogP contribution in [0.3, 0.4) is 0 Å². The van der Waals surface area contributed by atoms with Crippen molar-refractivity contribution in [2.24, 2.45) is 5.92 Å². The predicted molar refractivity (Wildman–Crippen MR) is 69.8 cm³/mol. The van der Waals surface area contributed by atoms with Crippen molar-refractivity contribution < 1.29 is 9.90 Å². The summed E-state index contributed by atoms with van der Waals surface area (Å²) in [5, 5.41) is 12.0. The minimum absolute atomic E-state index is 0.0579. The number of carbonyl (C=O) groups excluding carboxylic acids is 1. The highest BCUT2D eigenvalue weighted by molar-refractivity contribution is 7.12. The van der Waals surface area contributed by atoms with Crippen molar-refractivity contribution in [1.82, 2.24) is 5.32 Å². The maximum absolute atomic E-state index is 11.5. The number of thiophene rings is 1. The van der Waals surface area contributed by atoms with Gasteiger partial charge in [-0.2, -0.15) is 0 Å². The Labute approximate surface area is 105 Å². The van der Waals surface area contributed by atoms with Gasteiger partial charge in [0, 0.05) is 22.4 Å². The summed E-state index contributed by atoms with van der Waals surface area (Å²) in [5.41, 5.74) is 0. The van der Waals surface area contributed by atoms with Crippen LogP contribution in [0, 0.1) is 12.8 Å². The molecule has 1 aromatic heterocycles. The summed E-state index contributed by atoms with van der Waals surface area (Å²) in [5.74, 6) is 0.392. The van der Waals surface area contributed by atoms with E-state index in [4.69, 9.17) is 5.11 Å². The molecule has 0 spiro atoms. The Bertz CT molecular complexity index is 419. The Morgan fingerprint density at radius 1 is 1.59 bits per heavy atom. The zero-order valence-corrected chi connectivity index (χ0v) is 10.7. The van der Waals surface area contributed by atoms with Gasteiger partial charge >= 0.3 is 0 Å². The lowest BCUT2D eigenvalue weighted by molar-refractivity contribution is -0.117. The first-order chi connectivity index (χ1) is 8.13. The van der Waals surface area contributed by atoms with E-state index in [1.54, 1.807) is 17.4 Å². The summed E-state index contributed by atoms with van der Waals surface area (Å²) in [4.78, 5) is 13.8. The third-order valence-corrected chi connectivity index (χ3v) is 3.90. The highest BCUT2D eigenvalue weighted by Crippen LogP contribution is 2.26. The van der Waals surface area contributed by atoms with E-state index in [9.17, 15) is 4.79 Å². The van der Waals surface area contributed by atoms with Gasteiger partial charge in [-0.05, 0) is 43.9 Å². The Hall–Kier alpha value is -1.13. The van der Waals surface area contributed by atoms with Crippen molar-refractivity contribution in [1.29, 1.82) is 0 Å². The van der Waals surface area contributed by atoms with E-state index >= 15 is 0 Å². The fraction of sp³-hybridized carbons (Fsp3) is 0.462. The summed E-state index contributed by atoms with van der Waals surface area (Å²) in [6.07, 6.45) is 4.88. The van der Waals surface area contributed by atoms with Gasteiger partial charge in [0.15, 0.2) is 0 Å². The summed E-state index contributed by atoms with van der Waals surface area (Å²) in [6.45, 7) is 2.72. The van der Waals surface area contributed by atoms with Gasteiger partial charge in [-0.25, -0.2) is 0 Å². The number of rotatable bonds is 4. The Morgan fingerprint density at radius 2 is 2.35 bits per heavy atom. The van der Waals surface area contributed by atoms with Crippen LogP contribution in [0.15, 0.2) is 18.2 Å². The molecule has 92 valence electrons. The number of aryl methyl sites for hydroxylation is 1. The Morgan fingerprint density at radius 3 is 2.94 bits per heavy atom. The normalized spacial score (nSPS) is 23.6. The number of hydrogen-bond donors (Lipinski definition) is 2. The molecule has 0 aromatic carbocycles. The van der Waals surface area contributed by atoms with E-state index in [0.29, 0.717) is 12.5 Å². The number of nitrogens with one attached hydrogen (secondary N) is 1. The minimum atomic E-state index is -0.151. The van der Waals surface area contributed by atoms with Crippen LogP contribution in [-0.2, 0) is 4.79 Å². The largest absolute Gasteiger partial charge is 0.393 e. The average Bonchev–Trinajstić information content (AvgIpc) is 2.66. The molecule has 2 rings (SSSR count). The molecule has 1 aliphatic carbocycles.